The van der Waals surface area contributed by atoms with Crippen molar-refractivity contribution >= 4 is 29.1 Å². The van der Waals surface area contributed by atoms with Crippen molar-refractivity contribution in [3.63, 3.8) is 0 Å². The third-order valence-electron chi connectivity index (χ3n) is 8.08. The van der Waals surface area contributed by atoms with Gasteiger partial charge in [0.05, 0.1) is 12.5 Å². The molecule has 3 aliphatic carbocycles. The minimum atomic E-state index is -0.479. The van der Waals surface area contributed by atoms with Crippen LogP contribution in [0, 0.1) is 11.3 Å². The Kier molecular flexibility index (Phi) is 4.46. The van der Waals surface area contributed by atoms with Crippen LogP contribution in [0.5, 0.6) is 0 Å². The Morgan fingerprint density at radius 3 is 2.63 bits per heavy atom. The Morgan fingerprint density at radius 1 is 1.03 bits per heavy atom. The van der Waals surface area contributed by atoms with E-state index in [0.717, 1.165) is 19.4 Å². The molecular weight excluding hydrogens is 394 g/mol. The molecular formula is C26H26ClNO2. The predicted octanol–water partition coefficient (Wildman–Crippen LogP) is 4.82. The summed E-state index contributed by atoms with van der Waals surface area (Å²) in [5, 5.41) is 6.11. The van der Waals surface area contributed by atoms with Crippen LogP contribution in [0.1, 0.15) is 35.4 Å². The first-order valence-corrected chi connectivity index (χ1v) is 10.6. The van der Waals surface area contributed by atoms with Crippen molar-refractivity contribution in [2.45, 2.75) is 24.2 Å². The normalized spacial score (nSPS) is 31.0. The summed E-state index contributed by atoms with van der Waals surface area (Å²) in [6.07, 6.45) is 2.11. The average molecular weight is 420 g/mol. The van der Waals surface area contributed by atoms with Gasteiger partial charge in [0.1, 0.15) is 0 Å². The number of carbonyl (C=O) groups is 1. The Bertz CT molecular complexity index is 1140. The third-order valence-corrected chi connectivity index (χ3v) is 8.08. The Morgan fingerprint density at radius 2 is 1.80 bits per heavy atom. The standard InChI is InChI=1S/C26H25NO2.ClH/c1-29-24(28)26-16-27-15-23(26)25(13-12-22(26)20-8-4-5-9-21(20)25)19-11-10-17-6-2-3-7-18(17)14-19;/h2-11,14,22-23,27H,12-13,15-16H2,1H3;1H. The number of fused-ring (bicyclic) bond motifs is 2. The van der Waals surface area contributed by atoms with E-state index in [4.69, 9.17) is 4.74 Å². The molecule has 30 heavy (non-hydrogen) atoms. The van der Waals surface area contributed by atoms with E-state index in [1.165, 1.54) is 27.5 Å². The topological polar surface area (TPSA) is 38.3 Å². The van der Waals surface area contributed by atoms with Crippen molar-refractivity contribution < 1.29 is 9.53 Å². The van der Waals surface area contributed by atoms with Crippen LogP contribution in [0.25, 0.3) is 10.8 Å². The molecule has 3 aromatic rings. The van der Waals surface area contributed by atoms with E-state index in [2.05, 4.69) is 72.0 Å². The molecule has 2 bridgehead atoms. The number of rotatable bonds is 2. The lowest BCUT2D eigenvalue weighted by molar-refractivity contribution is -0.161. The van der Waals surface area contributed by atoms with Crippen LogP contribution >= 0.6 is 12.4 Å². The molecule has 1 heterocycles. The van der Waals surface area contributed by atoms with Gasteiger partial charge in [0.25, 0.3) is 0 Å². The van der Waals surface area contributed by atoms with Crippen molar-refractivity contribution in [2.75, 3.05) is 20.2 Å². The first-order valence-electron chi connectivity index (χ1n) is 10.6. The summed E-state index contributed by atoms with van der Waals surface area (Å²) in [4.78, 5) is 13.3. The SMILES string of the molecule is COC(=O)C12CNCC1C1(c3ccc4ccccc4c3)CCC2c2ccccc21.Cl. The molecule has 4 unspecified atom stereocenters. The Balaban J connectivity index is 0.00000193. The van der Waals surface area contributed by atoms with Gasteiger partial charge >= 0.3 is 5.97 Å². The minimum Gasteiger partial charge on any atom is -0.469 e. The molecule has 0 amide bonds. The lowest BCUT2D eigenvalue weighted by Gasteiger charge is -2.59. The van der Waals surface area contributed by atoms with E-state index in [1.807, 2.05) is 0 Å². The van der Waals surface area contributed by atoms with E-state index in [1.54, 1.807) is 7.11 Å². The molecule has 3 aromatic carbocycles. The maximum Gasteiger partial charge on any atom is 0.314 e. The van der Waals surface area contributed by atoms with Crippen molar-refractivity contribution in [1.29, 1.82) is 0 Å². The second-order valence-corrected chi connectivity index (χ2v) is 8.93. The highest BCUT2D eigenvalue weighted by Crippen LogP contribution is 2.68. The van der Waals surface area contributed by atoms with E-state index < -0.39 is 5.41 Å². The van der Waals surface area contributed by atoms with Crippen LogP contribution in [0.3, 0.4) is 0 Å². The monoisotopic (exact) mass is 419 g/mol. The zero-order valence-electron chi connectivity index (χ0n) is 17.1. The van der Waals surface area contributed by atoms with Gasteiger partial charge in [-0.25, -0.2) is 0 Å². The molecule has 7 rings (SSSR count). The predicted molar refractivity (Wildman–Crippen MR) is 121 cm³/mol. The molecule has 4 atom stereocenters. The fraction of sp³-hybridized carbons (Fsp3) is 0.346. The first kappa shape index (κ1) is 19.6. The van der Waals surface area contributed by atoms with Gasteiger partial charge in [0, 0.05) is 30.3 Å². The molecule has 1 N–H and O–H groups in total. The number of carbonyl (C=O) groups excluding carboxylic acids is 1. The second-order valence-electron chi connectivity index (χ2n) is 8.93. The molecule has 2 fully saturated rings. The lowest BCUT2D eigenvalue weighted by atomic mass is 9.42. The summed E-state index contributed by atoms with van der Waals surface area (Å²) < 4.78 is 5.43. The molecule has 4 aliphatic rings. The van der Waals surface area contributed by atoms with Crippen LogP contribution in [0.4, 0.5) is 0 Å². The summed E-state index contributed by atoms with van der Waals surface area (Å²) in [6.45, 7) is 1.56. The molecule has 0 aromatic heterocycles. The number of halogens is 1. The zero-order valence-corrected chi connectivity index (χ0v) is 17.9. The largest absolute Gasteiger partial charge is 0.469 e. The lowest BCUT2D eigenvalue weighted by Crippen LogP contribution is -2.60. The maximum atomic E-state index is 13.3. The third kappa shape index (κ3) is 2.23. The minimum absolute atomic E-state index is 0. The number of nitrogens with one attached hydrogen (secondary N) is 1. The molecule has 1 saturated heterocycles. The number of esters is 1. The van der Waals surface area contributed by atoms with Crippen LogP contribution in [-0.4, -0.2) is 26.2 Å². The Labute approximate surface area is 183 Å². The summed E-state index contributed by atoms with van der Waals surface area (Å²) in [5.41, 5.74) is 3.46. The van der Waals surface area contributed by atoms with Gasteiger partial charge in [0.2, 0.25) is 0 Å². The molecule has 0 radical (unpaired) electrons. The molecule has 1 aliphatic heterocycles. The fourth-order valence-corrected chi connectivity index (χ4v) is 6.99. The summed E-state index contributed by atoms with van der Waals surface area (Å²) in [7, 11) is 1.54. The fourth-order valence-electron chi connectivity index (χ4n) is 6.99. The highest BCUT2D eigenvalue weighted by atomic mass is 35.5. The quantitative estimate of drug-likeness (QED) is 0.605. The van der Waals surface area contributed by atoms with Gasteiger partial charge in [-0.15, -0.1) is 12.4 Å². The van der Waals surface area contributed by atoms with E-state index >= 15 is 0 Å². The number of benzene rings is 3. The van der Waals surface area contributed by atoms with Crippen LogP contribution in [0.15, 0.2) is 66.7 Å². The summed E-state index contributed by atoms with van der Waals surface area (Å²) in [5.74, 6) is 0.391. The van der Waals surface area contributed by atoms with Crippen molar-refractivity contribution in [3.8, 4) is 0 Å². The maximum absolute atomic E-state index is 13.3. The van der Waals surface area contributed by atoms with E-state index in [9.17, 15) is 4.79 Å². The molecule has 4 heteroatoms. The highest BCUT2D eigenvalue weighted by molar-refractivity contribution is 5.86. The molecule has 0 spiro atoms. The number of hydrogen-bond donors (Lipinski definition) is 1. The van der Waals surface area contributed by atoms with Gasteiger partial charge in [-0.2, -0.15) is 0 Å². The zero-order chi connectivity index (χ0) is 19.6. The smallest absolute Gasteiger partial charge is 0.314 e. The van der Waals surface area contributed by atoms with E-state index in [0.29, 0.717) is 6.54 Å². The van der Waals surface area contributed by atoms with E-state index in [-0.39, 0.29) is 35.6 Å². The molecule has 1 saturated carbocycles. The Hall–Kier alpha value is -2.36. The van der Waals surface area contributed by atoms with Crippen molar-refractivity contribution in [2.24, 2.45) is 11.3 Å². The number of ether oxygens (including phenoxy) is 1. The summed E-state index contributed by atoms with van der Waals surface area (Å²) in [6, 6.07) is 24.3. The van der Waals surface area contributed by atoms with Crippen LogP contribution in [0.2, 0.25) is 0 Å². The van der Waals surface area contributed by atoms with Gasteiger partial charge in [0.15, 0.2) is 0 Å². The first-order chi connectivity index (χ1) is 14.2. The molecule has 3 nitrogen and oxygen atoms in total. The average Bonchev–Trinajstić information content (AvgIpc) is 3.26. The second kappa shape index (κ2) is 6.83. The number of hydrogen-bond acceptors (Lipinski definition) is 3. The van der Waals surface area contributed by atoms with Gasteiger partial charge in [-0.05, 0) is 40.3 Å². The van der Waals surface area contributed by atoms with Crippen molar-refractivity contribution in [3.05, 3.63) is 83.4 Å². The number of methoxy groups -OCH3 is 1. The van der Waals surface area contributed by atoms with Crippen LogP contribution in [-0.2, 0) is 14.9 Å². The van der Waals surface area contributed by atoms with Gasteiger partial charge in [-0.1, -0.05) is 66.7 Å². The highest BCUT2D eigenvalue weighted by Gasteiger charge is 2.69. The van der Waals surface area contributed by atoms with Gasteiger partial charge < -0.3 is 10.1 Å². The molecule has 154 valence electrons. The van der Waals surface area contributed by atoms with Gasteiger partial charge in [-0.3, -0.25) is 4.79 Å². The van der Waals surface area contributed by atoms with Crippen molar-refractivity contribution in [1.82, 2.24) is 5.32 Å². The summed E-state index contributed by atoms with van der Waals surface area (Å²) >= 11 is 0. The van der Waals surface area contributed by atoms with Crippen LogP contribution < -0.4 is 5.32 Å².